The molecular formula is C7H11N5O4. The summed E-state index contributed by atoms with van der Waals surface area (Å²) in [5.41, 5.74) is 7.17. The molecule has 88 valence electrons. The van der Waals surface area contributed by atoms with Crippen LogP contribution in [0.1, 0.15) is 6.42 Å². The van der Waals surface area contributed by atoms with E-state index in [-0.39, 0.29) is 24.8 Å². The number of hydrogen-bond acceptors (Lipinski definition) is 8. The zero-order valence-electron chi connectivity index (χ0n) is 8.29. The fraction of sp³-hybridized carbons (Fsp3) is 0.429. The van der Waals surface area contributed by atoms with Crippen molar-refractivity contribution in [2.24, 2.45) is 0 Å². The highest BCUT2D eigenvalue weighted by molar-refractivity contribution is 5.66. The topological polar surface area (TPSA) is 136 Å². The molecule has 0 radical (unpaired) electrons. The van der Waals surface area contributed by atoms with Crippen LogP contribution in [0.3, 0.4) is 0 Å². The SMILES string of the molecule is Nc1ncnc(NOCCCO)c1[N+](=O)[O-]. The Morgan fingerprint density at radius 3 is 3.00 bits per heavy atom. The number of anilines is 2. The quantitative estimate of drug-likeness (QED) is 0.343. The van der Waals surface area contributed by atoms with Gasteiger partial charge in [0.2, 0.25) is 11.6 Å². The van der Waals surface area contributed by atoms with E-state index in [0.717, 1.165) is 6.33 Å². The first-order valence-corrected chi connectivity index (χ1v) is 4.40. The summed E-state index contributed by atoms with van der Waals surface area (Å²) in [5.74, 6) is -0.358. The number of nitrogen functional groups attached to an aromatic ring is 1. The molecule has 0 aliphatic rings. The molecule has 0 bridgehead atoms. The second-order valence-corrected chi connectivity index (χ2v) is 2.74. The average molecular weight is 229 g/mol. The van der Waals surface area contributed by atoms with Gasteiger partial charge in [-0.1, -0.05) is 0 Å². The van der Waals surface area contributed by atoms with E-state index in [0.29, 0.717) is 6.42 Å². The third-order valence-electron chi connectivity index (χ3n) is 1.61. The molecule has 4 N–H and O–H groups in total. The molecule has 0 saturated carbocycles. The van der Waals surface area contributed by atoms with Crippen LogP contribution in [0, 0.1) is 10.1 Å². The van der Waals surface area contributed by atoms with Gasteiger partial charge in [-0.2, -0.15) is 0 Å². The molecule has 1 aromatic rings. The van der Waals surface area contributed by atoms with Gasteiger partial charge < -0.3 is 10.8 Å². The minimum atomic E-state index is -0.701. The van der Waals surface area contributed by atoms with Gasteiger partial charge in [0.05, 0.1) is 11.5 Å². The molecule has 0 atom stereocenters. The van der Waals surface area contributed by atoms with Crippen molar-refractivity contribution >= 4 is 17.3 Å². The Hall–Kier alpha value is -2.00. The van der Waals surface area contributed by atoms with Crippen molar-refractivity contribution < 1.29 is 14.9 Å². The highest BCUT2D eigenvalue weighted by Gasteiger charge is 2.20. The Balaban J connectivity index is 2.71. The van der Waals surface area contributed by atoms with Gasteiger partial charge in [0.1, 0.15) is 6.33 Å². The van der Waals surface area contributed by atoms with Crippen molar-refractivity contribution in [3.63, 3.8) is 0 Å². The molecule has 0 fully saturated rings. The Morgan fingerprint density at radius 2 is 2.38 bits per heavy atom. The fourth-order valence-corrected chi connectivity index (χ4v) is 0.903. The van der Waals surface area contributed by atoms with Crippen molar-refractivity contribution in [2.45, 2.75) is 6.42 Å². The fourth-order valence-electron chi connectivity index (χ4n) is 0.903. The van der Waals surface area contributed by atoms with Crippen LogP contribution in [0.5, 0.6) is 0 Å². The van der Waals surface area contributed by atoms with Gasteiger partial charge >= 0.3 is 5.69 Å². The molecular weight excluding hydrogens is 218 g/mol. The van der Waals surface area contributed by atoms with E-state index < -0.39 is 10.6 Å². The molecule has 0 spiro atoms. The summed E-state index contributed by atoms with van der Waals surface area (Å²) in [6.45, 7) is 0.160. The predicted octanol–water partition coefficient (Wildman–Crippen LogP) is -0.307. The molecule has 9 nitrogen and oxygen atoms in total. The van der Waals surface area contributed by atoms with E-state index in [9.17, 15) is 10.1 Å². The van der Waals surface area contributed by atoms with Crippen LogP contribution < -0.4 is 11.2 Å². The Bertz CT molecular complexity index is 372. The number of aliphatic hydroxyl groups excluding tert-OH is 1. The molecule has 0 aliphatic carbocycles. The van der Waals surface area contributed by atoms with Crippen molar-refractivity contribution in [2.75, 3.05) is 24.4 Å². The standard InChI is InChI=1S/C7H11N5O4/c8-6-5(12(14)15)7(10-4-9-6)11-16-3-1-2-13/h4,13H,1-3H2,(H3,8,9,10,11). The molecule has 0 amide bonds. The lowest BCUT2D eigenvalue weighted by molar-refractivity contribution is -0.383. The van der Waals surface area contributed by atoms with Crippen LogP contribution in [0.4, 0.5) is 17.3 Å². The summed E-state index contributed by atoms with van der Waals surface area (Å²) in [4.78, 5) is 21.9. The minimum absolute atomic E-state index is 0.0321. The summed E-state index contributed by atoms with van der Waals surface area (Å²) in [7, 11) is 0. The average Bonchev–Trinajstić information content (AvgIpc) is 2.24. The van der Waals surface area contributed by atoms with E-state index in [4.69, 9.17) is 15.7 Å². The maximum Gasteiger partial charge on any atom is 0.355 e. The van der Waals surface area contributed by atoms with Crippen molar-refractivity contribution in [1.82, 2.24) is 9.97 Å². The number of hydrogen-bond donors (Lipinski definition) is 3. The molecule has 16 heavy (non-hydrogen) atoms. The van der Waals surface area contributed by atoms with Gasteiger partial charge in [-0.05, 0) is 6.42 Å². The Morgan fingerprint density at radius 1 is 1.62 bits per heavy atom. The molecule has 0 aliphatic heterocycles. The number of nitro groups is 1. The third-order valence-corrected chi connectivity index (χ3v) is 1.61. The predicted molar refractivity (Wildman–Crippen MR) is 54.4 cm³/mol. The lowest BCUT2D eigenvalue weighted by Crippen LogP contribution is -2.10. The minimum Gasteiger partial charge on any atom is -0.396 e. The van der Waals surface area contributed by atoms with Gasteiger partial charge in [0.25, 0.3) is 0 Å². The highest BCUT2D eigenvalue weighted by atomic mass is 16.6. The summed E-state index contributed by atoms with van der Waals surface area (Å²) >= 11 is 0. The third kappa shape index (κ3) is 3.00. The van der Waals surface area contributed by atoms with Crippen molar-refractivity contribution in [3.8, 4) is 0 Å². The van der Waals surface area contributed by atoms with E-state index in [1.807, 2.05) is 0 Å². The number of nitrogens with zero attached hydrogens (tertiary/aromatic N) is 3. The van der Waals surface area contributed by atoms with E-state index in [1.54, 1.807) is 0 Å². The smallest absolute Gasteiger partial charge is 0.355 e. The first kappa shape index (κ1) is 12.1. The molecule has 0 aromatic carbocycles. The maximum atomic E-state index is 10.6. The van der Waals surface area contributed by atoms with E-state index in [2.05, 4.69) is 15.4 Å². The molecule has 1 heterocycles. The van der Waals surface area contributed by atoms with E-state index >= 15 is 0 Å². The van der Waals surface area contributed by atoms with E-state index in [1.165, 1.54) is 0 Å². The van der Waals surface area contributed by atoms with Gasteiger partial charge in [0, 0.05) is 6.61 Å². The number of nitrogens with one attached hydrogen (secondary N) is 1. The first-order chi connectivity index (χ1) is 7.66. The lowest BCUT2D eigenvalue weighted by atomic mass is 10.4. The van der Waals surface area contributed by atoms with Crippen LogP contribution in [0.15, 0.2) is 6.33 Å². The molecule has 9 heteroatoms. The number of aromatic nitrogens is 2. The highest BCUT2D eigenvalue weighted by Crippen LogP contribution is 2.25. The van der Waals surface area contributed by atoms with Gasteiger partial charge in [-0.15, -0.1) is 0 Å². The molecule has 0 saturated heterocycles. The molecule has 0 unspecified atom stereocenters. The van der Waals surface area contributed by atoms with Gasteiger partial charge in [-0.25, -0.2) is 15.4 Å². The lowest BCUT2D eigenvalue weighted by Gasteiger charge is -2.06. The number of rotatable bonds is 6. The second-order valence-electron chi connectivity index (χ2n) is 2.74. The normalized spacial score (nSPS) is 10.1. The summed E-state index contributed by atoms with van der Waals surface area (Å²) in [6.07, 6.45) is 1.49. The first-order valence-electron chi connectivity index (χ1n) is 4.40. The number of nitrogens with two attached hydrogens (primary N) is 1. The molecule has 1 aromatic heterocycles. The largest absolute Gasteiger partial charge is 0.396 e. The summed E-state index contributed by atoms with van der Waals surface area (Å²) in [5, 5.41) is 19.1. The maximum absolute atomic E-state index is 10.6. The van der Waals surface area contributed by atoms with Crippen LogP contribution in [0.2, 0.25) is 0 Å². The van der Waals surface area contributed by atoms with Gasteiger partial charge in [0.15, 0.2) is 0 Å². The second kappa shape index (κ2) is 5.78. The van der Waals surface area contributed by atoms with Crippen LogP contribution in [0.25, 0.3) is 0 Å². The summed E-state index contributed by atoms with van der Waals surface area (Å²) in [6, 6.07) is 0. The summed E-state index contributed by atoms with van der Waals surface area (Å²) < 4.78 is 0. The molecule has 1 rings (SSSR count). The Kier molecular flexibility index (Phi) is 4.36. The number of aliphatic hydroxyl groups is 1. The Labute approximate surface area is 90.4 Å². The van der Waals surface area contributed by atoms with Crippen molar-refractivity contribution in [3.05, 3.63) is 16.4 Å². The van der Waals surface area contributed by atoms with Crippen LogP contribution in [-0.2, 0) is 4.84 Å². The zero-order valence-corrected chi connectivity index (χ0v) is 8.29. The van der Waals surface area contributed by atoms with Gasteiger partial charge in [-0.3, -0.25) is 15.0 Å². The van der Waals surface area contributed by atoms with Crippen molar-refractivity contribution in [1.29, 1.82) is 0 Å². The zero-order chi connectivity index (χ0) is 12.0. The van der Waals surface area contributed by atoms with Crippen LogP contribution >= 0.6 is 0 Å². The van der Waals surface area contributed by atoms with Crippen LogP contribution in [-0.4, -0.2) is 33.2 Å². The monoisotopic (exact) mass is 229 g/mol.